The van der Waals surface area contributed by atoms with Crippen molar-refractivity contribution >= 4 is 5.91 Å². The molecule has 0 saturated heterocycles. The van der Waals surface area contributed by atoms with E-state index in [9.17, 15) is 18.0 Å². The molecule has 6 nitrogen and oxygen atoms in total. The molecule has 124 valence electrons. The number of aryl methyl sites for hydroxylation is 2. The van der Waals surface area contributed by atoms with Crippen LogP contribution in [-0.4, -0.2) is 31.3 Å². The van der Waals surface area contributed by atoms with Crippen molar-refractivity contribution < 1.29 is 18.0 Å². The van der Waals surface area contributed by atoms with E-state index in [1.165, 1.54) is 0 Å². The van der Waals surface area contributed by atoms with Crippen molar-refractivity contribution in [3.05, 3.63) is 35.7 Å². The molecule has 0 radical (unpaired) electrons. The number of hydrogen-bond acceptors (Lipinski definition) is 3. The van der Waals surface area contributed by atoms with Crippen LogP contribution in [0.2, 0.25) is 0 Å². The van der Waals surface area contributed by atoms with Crippen LogP contribution in [0.4, 0.5) is 13.2 Å². The first kappa shape index (κ1) is 15.6. The van der Waals surface area contributed by atoms with Gasteiger partial charge in [-0.2, -0.15) is 18.3 Å². The van der Waals surface area contributed by atoms with Gasteiger partial charge in [0.25, 0.3) is 0 Å². The van der Waals surface area contributed by atoms with Crippen LogP contribution in [0.25, 0.3) is 0 Å². The average molecular weight is 327 g/mol. The summed E-state index contributed by atoms with van der Waals surface area (Å²) < 4.78 is 40.4. The lowest BCUT2D eigenvalue weighted by molar-refractivity contribution is -0.141. The van der Waals surface area contributed by atoms with Gasteiger partial charge in [0.05, 0.1) is 5.69 Å². The van der Waals surface area contributed by atoms with Crippen molar-refractivity contribution in [1.29, 1.82) is 0 Å². The number of rotatable bonds is 3. The molecule has 9 heteroatoms. The molecule has 1 atom stereocenters. The summed E-state index contributed by atoms with van der Waals surface area (Å²) in [5, 5.41) is 6.21. The predicted molar refractivity (Wildman–Crippen MR) is 74.4 cm³/mol. The van der Waals surface area contributed by atoms with Gasteiger partial charge < -0.3 is 9.88 Å². The monoisotopic (exact) mass is 327 g/mol. The molecule has 1 amide bonds. The maximum atomic E-state index is 12.5. The molecule has 0 unspecified atom stereocenters. The van der Waals surface area contributed by atoms with E-state index in [1.807, 2.05) is 17.7 Å². The van der Waals surface area contributed by atoms with Gasteiger partial charge in [-0.3, -0.25) is 9.48 Å². The van der Waals surface area contributed by atoms with E-state index in [2.05, 4.69) is 15.4 Å². The number of imidazole rings is 1. The van der Waals surface area contributed by atoms with Crippen LogP contribution in [-0.2, 0) is 30.5 Å². The summed E-state index contributed by atoms with van der Waals surface area (Å²) in [7, 11) is 0. The number of carbonyl (C=O) groups excluding carboxylic acids is 1. The van der Waals surface area contributed by atoms with Crippen molar-refractivity contribution in [3.8, 4) is 0 Å². The Labute approximate surface area is 130 Å². The highest BCUT2D eigenvalue weighted by atomic mass is 19.4. The first-order valence-electron chi connectivity index (χ1n) is 7.24. The summed E-state index contributed by atoms with van der Waals surface area (Å²) in [6.07, 6.45) is 0.103. The SMILES string of the molecule is Cc1cn2c(n1)CC[C@H](NC(=O)Cn1ccc(C(F)(F)F)n1)C2. The summed E-state index contributed by atoms with van der Waals surface area (Å²) in [6, 6.07) is 0.801. The van der Waals surface area contributed by atoms with Crippen LogP contribution in [0.1, 0.15) is 23.6 Å². The van der Waals surface area contributed by atoms with Gasteiger partial charge in [0.1, 0.15) is 12.4 Å². The first-order valence-corrected chi connectivity index (χ1v) is 7.24. The summed E-state index contributed by atoms with van der Waals surface area (Å²) >= 11 is 0. The lowest BCUT2D eigenvalue weighted by Gasteiger charge is -2.24. The van der Waals surface area contributed by atoms with Gasteiger partial charge >= 0.3 is 6.18 Å². The highest BCUT2D eigenvalue weighted by Gasteiger charge is 2.33. The number of carbonyl (C=O) groups is 1. The molecule has 1 N–H and O–H groups in total. The molecule has 0 aromatic carbocycles. The molecule has 2 aromatic heterocycles. The Morgan fingerprint density at radius 2 is 2.26 bits per heavy atom. The van der Waals surface area contributed by atoms with Crippen molar-refractivity contribution in [1.82, 2.24) is 24.6 Å². The number of nitrogens with zero attached hydrogens (tertiary/aromatic N) is 4. The molecule has 1 aliphatic rings. The smallest absolute Gasteiger partial charge is 0.350 e. The molecule has 2 aromatic rings. The highest BCUT2D eigenvalue weighted by molar-refractivity contribution is 5.75. The van der Waals surface area contributed by atoms with Gasteiger partial charge in [-0.1, -0.05) is 0 Å². The Morgan fingerprint density at radius 3 is 2.96 bits per heavy atom. The van der Waals surface area contributed by atoms with E-state index in [4.69, 9.17) is 0 Å². The first-order chi connectivity index (χ1) is 10.8. The molecule has 0 fully saturated rings. The second-order valence-corrected chi connectivity index (χ2v) is 5.65. The third-order valence-corrected chi connectivity index (χ3v) is 3.71. The summed E-state index contributed by atoms with van der Waals surface area (Å²) in [4.78, 5) is 16.4. The standard InChI is InChI=1S/C14H16F3N5O/c1-9-6-21-7-10(2-3-12(21)18-9)19-13(23)8-22-5-4-11(20-22)14(15,16)17/h4-6,10H,2-3,7-8H2,1H3,(H,19,23)/t10-/m0/s1. The van der Waals surface area contributed by atoms with Crippen LogP contribution < -0.4 is 5.32 Å². The molecule has 3 heterocycles. The fraction of sp³-hybridized carbons (Fsp3) is 0.500. The number of amides is 1. The van der Waals surface area contributed by atoms with Gasteiger partial charge in [0, 0.05) is 31.4 Å². The third kappa shape index (κ3) is 3.54. The molecule has 23 heavy (non-hydrogen) atoms. The quantitative estimate of drug-likeness (QED) is 0.930. The zero-order valence-electron chi connectivity index (χ0n) is 12.5. The van der Waals surface area contributed by atoms with Crippen LogP contribution in [0.5, 0.6) is 0 Å². The normalized spacial score (nSPS) is 17.8. The van der Waals surface area contributed by atoms with E-state index in [1.54, 1.807) is 0 Å². The van der Waals surface area contributed by atoms with Crippen molar-refractivity contribution in [2.75, 3.05) is 0 Å². The fourth-order valence-corrected chi connectivity index (χ4v) is 2.73. The summed E-state index contributed by atoms with van der Waals surface area (Å²) in [6.45, 7) is 2.30. The Hall–Kier alpha value is -2.32. The predicted octanol–water partition coefficient (Wildman–Crippen LogP) is 1.54. The highest BCUT2D eigenvalue weighted by Crippen LogP contribution is 2.27. The third-order valence-electron chi connectivity index (χ3n) is 3.71. The molecule has 3 rings (SSSR count). The maximum absolute atomic E-state index is 12.5. The van der Waals surface area contributed by atoms with Crippen LogP contribution >= 0.6 is 0 Å². The molecule has 0 aliphatic carbocycles. The number of hydrogen-bond donors (Lipinski definition) is 1. The lowest BCUT2D eigenvalue weighted by Crippen LogP contribution is -2.42. The van der Waals surface area contributed by atoms with E-state index in [0.717, 1.165) is 41.3 Å². The Bertz CT molecular complexity index is 718. The zero-order chi connectivity index (χ0) is 16.6. The van der Waals surface area contributed by atoms with E-state index in [0.29, 0.717) is 6.54 Å². The van der Waals surface area contributed by atoms with Gasteiger partial charge in [-0.15, -0.1) is 0 Å². The van der Waals surface area contributed by atoms with Crippen molar-refractivity contribution in [3.63, 3.8) is 0 Å². The number of fused-ring (bicyclic) bond motifs is 1. The van der Waals surface area contributed by atoms with Gasteiger partial charge in [-0.25, -0.2) is 4.98 Å². The fourth-order valence-electron chi connectivity index (χ4n) is 2.73. The summed E-state index contributed by atoms with van der Waals surface area (Å²) in [5.74, 6) is 0.641. The largest absolute Gasteiger partial charge is 0.435 e. The van der Waals surface area contributed by atoms with Crippen molar-refractivity contribution in [2.45, 2.75) is 45.1 Å². The molecule has 0 spiro atoms. The average Bonchev–Trinajstić information content (AvgIpc) is 3.03. The molecule has 0 saturated carbocycles. The van der Waals surface area contributed by atoms with Gasteiger partial charge in [0.15, 0.2) is 5.69 Å². The lowest BCUT2D eigenvalue weighted by atomic mass is 10.1. The summed E-state index contributed by atoms with van der Waals surface area (Å²) in [5.41, 5.74) is -0.0651. The number of halogens is 3. The Kier molecular flexibility index (Phi) is 3.87. The minimum atomic E-state index is -4.50. The van der Waals surface area contributed by atoms with E-state index < -0.39 is 11.9 Å². The Balaban J connectivity index is 1.57. The van der Waals surface area contributed by atoms with Crippen LogP contribution in [0.3, 0.4) is 0 Å². The topological polar surface area (TPSA) is 64.7 Å². The maximum Gasteiger partial charge on any atom is 0.435 e. The van der Waals surface area contributed by atoms with E-state index in [-0.39, 0.29) is 18.5 Å². The molecular weight excluding hydrogens is 311 g/mol. The molecular formula is C14H16F3N5O. The molecule has 1 aliphatic heterocycles. The Morgan fingerprint density at radius 1 is 1.48 bits per heavy atom. The van der Waals surface area contributed by atoms with Crippen molar-refractivity contribution in [2.24, 2.45) is 0 Å². The molecule has 0 bridgehead atoms. The van der Waals surface area contributed by atoms with Crippen LogP contribution in [0.15, 0.2) is 18.5 Å². The minimum Gasteiger partial charge on any atom is -0.350 e. The number of aromatic nitrogens is 4. The second-order valence-electron chi connectivity index (χ2n) is 5.65. The number of nitrogens with one attached hydrogen (secondary N) is 1. The minimum absolute atomic E-state index is 0.0544. The van der Waals surface area contributed by atoms with Crippen LogP contribution in [0, 0.1) is 6.92 Å². The van der Waals surface area contributed by atoms with Gasteiger partial charge in [0.2, 0.25) is 5.91 Å². The second kappa shape index (κ2) is 5.71. The zero-order valence-corrected chi connectivity index (χ0v) is 12.5. The van der Waals surface area contributed by atoms with E-state index >= 15 is 0 Å². The van der Waals surface area contributed by atoms with Gasteiger partial charge in [-0.05, 0) is 19.4 Å². The number of alkyl halides is 3.